The Morgan fingerprint density at radius 3 is 2.64 bits per heavy atom. The van der Waals surface area contributed by atoms with Crippen LogP contribution in [0.1, 0.15) is 24.9 Å². The second kappa shape index (κ2) is 4.39. The second-order valence-corrected chi connectivity index (χ2v) is 3.21. The van der Waals surface area contributed by atoms with Crippen molar-refractivity contribution in [3.63, 3.8) is 0 Å². The molecule has 0 amide bonds. The van der Waals surface area contributed by atoms with Crippen molar-refractivity contribution in [3.8, 4) is 5.75 Å². The molecule has 0 spiro atoms. The third kappa shape index (κ3) is 2.21. The standard InChI is InChI=1S/C10H14FNO2/c1-2-8(13)10(12)6-3-4-9(14)7(11)5-6/h3-5,8,10,13-14H,2,12H2,1H3/t8-,10+/m1/s1. The highest BCUT2D eigenvalue weighted by Gasteiger charge is 2.16. The van der Waals surface area contributed by atoms with E-state index in [0.717, 1.165) is 6.07 Å². The predicted octanol–water partition coefficient (Wildman–Crippen LogP) is 1.30. The molecule has 1 rings (SSSR count). The first kappa shape index (κ1) is 10.9. The number of aliphatic hydroxyl groups excluding tert-OH is 1. The van der Waals surface area contributed by atoms with Gasteiger partial charge in [0, 0.05) is 0 Å². The van der Waals surface area contributed by atoms with Crippen molar-refractivity contribution >= 4 is 0 Å². The van der Waals surface area contributed by atoms with Crippen LogP contribution in [-0.2, 0) is 0 Å². The van der Waals surface area contributed by atoms with Gasteiger partial charge < -0.3 is 15.9 Å². The normalized spacial score (nSPS) is 15.1. The lowest BCUT2D eigenvalue weighted by molar-refractivity contribution is 0.140. The maximum atomic E-state index is 12.9. The van der Waals surface area contributed by atoms with E-state index in [0.29, 0.717) is 12.0 Å². The van der Waals surface area contributed by atoms with E-state index in [9.17, 15) is 9.50 Å². The van der Waals surface area contributed by atoms with Gasteiger partial charge in [-0.2, -0.15) is 0 Å². The van der Waals surface area contributed by atoms with Gasteiger partial charge in [-0.15, -0.1) is 0 Å². The lowest BCUT2D eigenvalue weighted by atomic mass is 10.0. The summed E-state index contributed by atoms with van der Waals surface area (Å²) in [6.45, 7) is 1.79. The molecule has 0 unspecified atom stereocenters. The third-order valence-electron chi connectivity index (χ3n) is 2.19. The molecule has 2 atom stereocenters. The molecule has 0 aliphatic rings. The molecule has 3 nitrogen and oxygen atoms in total. The van der Waals surface area contributed by atoms with E-state index in [4.69, 9.17) is 10.8 Å². The molecule has 1 aromatic carbocycles. The van der Waals surface area contributed by atoms with E-state index in [-0.39, 0.29) is 0 Å². The van der Waals surface area contributed by atoms with Crippen molar-refractivity contribution in [2.45, 2.75) is 25.5 Å². The minimum absolute atomic E-state index is 0.410. The Balaban J connectivity index is 2.91. The van der Waals surface area contributed by atoms with Gasteiger partial charge in [-0.05, 0) is 24.1 Å². The Morgan fingerprint density at radius 1 is 1.50 bits per heavy atom. The lowest BCUT2D eigenvalue weighted by Crippen LogP contribution is -2.25. The van der Waals surface area contributed by atoms with Gasteiger partial charge in [-0.3, -0.25) is 0 Å². The molecule has 0 saturated carbocycles. The molecule has 78 valence electrons. The zero-order valence-electron chi connectivity index (χ0n) is 7.94. The van der Waals surface area contributed by atoms with Gasteiger partial charge in [0.2, 0.25) is 0 Å². The summed E-state index contributed by atoms with van der Waals surface area (Å²) in [5.41, 5.74) is 6.15. The van der Waals surface area contributed by atoms with E-state index < -0.39 is 23.7 Å². The summed E-state index contributed by atoms with van der Waals surface area (Å²) in [7, 11) is 0. The fourth-order valence-electron chi connectivity index (χ4n) is 1.21. The molecule has 0 bridgehead atoms. The quantitative estimate of drug-likeness (QED) is 0.687. The van der Waals surface area contributed by atoms with Crippen LogP contribution < -0.4 is 5.73 Å². The van der Waals surface area contributed by atoms with Gasteiger partial charge >= 0.3 is 0 Å². The Morgan fingerprint density at radius 2 is 2.14 bits per heavy atom. The molecule has 0 heterocycles. The summed E-state index contributed by atoms with van der Waals surface area (Å²) in [6.07, 6.45) is -0.192. The zero-order valence-corrected chi connectivity index (χ0v) is 7.94. The number of halogens is 1. The molecule has 0 radical (unpaired) electrons. The van der Waals surface area contributed by atoms with E-state index in [1.165, 1.54) is 12.1 Å². The summed E-state index contributed by atoms with van der Waals surface area (Å²) in [4.78, 5) is 0. The van der Waals surface area contributed by atoms with Crippen LogP contribution in [0.4, 0.5) is 4.39 Å². The Labute approximate surface area is 82.0 Å². The number of aromatic hydroxyl groups is 1. The van der Waals surface area contributed by atoms with Crippen molar-refractivity contribution in [3.05, 3.63) is 29.6 Å². The molecule has 0 aliphatic carbocycles. The molecular weight excluding hydrogens is 185 g/mol. The van der Waals surface area contributed by atoms with Gasteiger partial charge in [-0.25, -0.2) is 4.39 Å². The van der Waals surface area contributed by atoms with Crippen LogP contribution in [0.5, 0.6) is 5.75 Å². The fraction of sp³-hybridized carbons (Fsp3) is 0.400. The average molecular weight is 199 g/mol. The van der Waals surface area contributed by atoms with Crippen molar-refractivity contribution in [1.82, 2.24) is 0 Å². The molecule has 0 saturated heterocycles. The minimum Gasteiger partial charge on any atom is -0.505 e. The number of nitrogens with two attached hydrogens (primary N) is 1. The van der Waals surface area contributed by atoms with Gasteiger partial charge in [-0.1, -0.05) is 13.0 Å². The number of benzene rings is 1. The minimum atomic E-state index is -0.721. The van der Waals surface area contributed by atoms with Gasteiger partial charge in [0.15, 0.2) is 11.6 Å². The Kier molecular flexibility index (Phi) is 3.43. The summed E-state index contributed by atoms with van der Waals surface area (Å²) >= 11 is 0. The number of phenolic OH excluding ortho intramolecular Hbond substituents is 1. The van der Waals surface area contributed by atoms with Crippen molar-refractivity contribution in [2.24, 2.45) is 5.73 Å². The highest BCUT2D eigenvalue weighted by molar-refractivity contribution is 5.30. The van der Waals surface area contributed by atoms with Crippen molar-refractivity contribution < 1.29 is 14.6 Å². The Bertz CT molecular complexity index is 317. The van der Waals surface area contributed by atoms with Crippen LogP contribution in [0.15, 0.2) is 18.2 Å². The largest absolute Gasteiger partial charge is 0.505 e. The number of hydrogen-bond acceptors (Lipinski definition) is 3. The molecule has 1 aromatic rings. The van der Waals surface area contributed by atoms with Crippen LogP contribution in [0, 0.1) is 5.82 Å². The van der Waals surface area contributed by atoms with E-state index in [2.05, 4.69) is 0 Å². The van der Waals surface area contributed by atoms with E-state index >= 15 is 0 Å². The monoisotopic (exact) mass is 199 g/mol. The van der Waals surface area contributed by atoms with Gasteiger partial charge in [0.05, 0.1) is 12.1 Å². The maximum Gasteiger partial charge on any atom is 0.165 e. The van der Waals surface area contributed by atoms with E-state index in [1.54, 1.807) is 6.92 Å². The van der Waals surface area contributed by atoms with Crippen molar-refractivity contribution in [2.75, 3.05) is 0 Å². The third-order valence-corrected chi connectivity index (χ3v) is 2.19. The maximum absolute atomic E-state index is 12.9. The van der Waals surface area contributed by atoms with Crippen molar-refractivity contribution in [1.29, 1.82) is 0 Å². The fourth-order valence-corrected chi connectivity index (χ4v) is 1.21. The smallest absolute Gasteiger partial charge is 0.165 e. The Hall–Kier alpha value is -1.13. The summed E-state index contributed by atoms with van der Waals surface area (Å²) in [5.74, 6) is -1.13. The average Bonchev–Trinajstić information content (AvgIpc) is 2.20. The lowest BCUT2D eigenvalue weighted by Gasteiger charge is -2.17. The van der Waals surface area contributed by atoms with Crippen LogP contribution in [-0.4, -0.2) is 16.3 Å². The predicted molar refractivity (Wildman–Crippen MR) is 51.3 cm³/mol. The van der Waals surface area contributed by atoms with Crippen LogP contribution in [0.25, 0.3) is 0 Å². The van der Waals surface area contributed by atoms with Crippen LogP contribution >= 0.6 is 0 Å². The highest BCUT2D eigenvalue weighted by Crippen LogP contribution is 2.22. The zero-order chi connectivity index (χ0) is 10.7. The molecule has 0 fully saturated rings. The van der Waals surface area contributed by atoms with E-state index in [1.807, 2.05) is 0 Å². The number of rotatable bonds is 3. The van der Waals surface area contributed by atoms with Crippen LogP contribution in [0.2, 0.25) is 0 Å². The second-order valence-electron chi connectivity index (χ2n) is 3.21. The molecule has 4 heteroatoms. The number of hydrogen-bond donors (Lipinski definition) is 3. The first-order valence-corrected chi connectivity index (χ1v) is 4.48. The molecule has 14 heavy (non-hydrogen) atoms. The first-order valence-electron chi connectivity index (χ1n) is 4.48. The summed E-state index contributed by atoms with van der Waals surface area (Å²) in [6, 6.07) is 3.25. The van der Waals surface area contributed by atoms with Gasteiger partial charge in [0.25, 0.3) is 0 Å². The molecule has 0 aliphatic heterocycles. The topological polar surface area (TPSA) is 66.5 Å². The van der Waals surface area contributed by atoms with Gasteiger partial charge in [0.1, 0.15) is 0 Å². The number of phenols is 1. The first-order chi connectivity index (χ1) is 6.56. The molecule has 4 N–H and O–H groups in total. The number of aliphatic hydroxyl groups is 1. The highest BCUT2D eigenvalue weighted by atomic mass is 19.1. The molecular formula is C10H14FNO2. The summed E-state index contributed by atoms with van der Waals surface area (Å²) in [5, 5.41) is 18.4. The summed E-state index contributed by atoms with van der Waals surface area (Å²) < 4.78 is 12.9. The van der Waals surface area contributed by atoms with Crippen LogP contribution in [0.3, 0.4) is 0 Å². The SMILES string of the molecule is CC[C@@H](O)[C@@H](N)c1ccc(O)c(F)c1. The molecule has 0 aromatic heterocycles.